The molecule has 2 rings (SSSR count). The van der Waals surface area contributed by atoms with Gasteiger partial charge in [0.25, 0.3) is 0 Å². The van der Waals surface area contributed by atoms with Gasteiger partial charge in [0.15, 0.2) is 0 Å². The zero-order valence-electron chi connectivity index (χ0n) is 12.1. The normalized spacial score (nSPS) is 19.8. The summed E-state index contributed by atoms with van der Waals surface area (Å²) in [5.41, 5.74) is 0.651. The van der Waals surface area contributed by atoms with Crippen molar-refractivity contribution in [3.63, 3.8) is 0 Å². The largest absolute Gasteiger partial charge is 0.444 e. The van der Waals surface area contributed by atoms with Gasteiger partial charge in [-0.1, -0.05) is 28.1 Å². The number of ether oxygens (including phenoxy) is 1. The molecule has 1 amide bonds. The van der Waals surface area contributed by atoms with Crippen molar-refractivity contribution in [3.05, 3.63) is 34.3 Å². The molecule has 1 aromatic rings. The van der Waals surface area contributed by atoms with Gasteiger partial charge in [-0.25, -0.2) is 4.79 Å². The van der Waals surface area contributed by atoms with Crippen LogP contribution in [0.4, 0.5) is 4.79 Å². The fraction of sp³-hybridized carbons (Fsp3) is 0.533. The van der Waals surface area contributed by atoms with Crippen LogP contribution in [0.25, 0.3) is 0 Å². The Hall–Kier alpha value is -1.07. The number of halogens is 1. The first-order chi connectivity index (χ1) is 9.37. The number of nitrogens with zero attached hydrogens (tertiary/aromatic N) is 1. The quantitative estimate of drug-likeness (QED) is 0.852. The molecule has 1 aliphatic rings. The van der Waals surface area contributed by atoms with Crippen molar-refractivity contribution in [1.82, 2.24) is 10.2 Å². The molecule has 0 radical (unpaired) electrons. The Labute approximate surface area is 128 Å². The van der Waals surface area contributed by atoms with Gasteiger partial charge in [-0.15, -0.1) is 0 Å². The third-order valence-electron chi connectivity index (χ3n) is 3.13. The summed E-state index contributed by atoms with van der Waals surface area (Å²) in [6.45, 7) is 7.88. The van der Waals surface area contributed by atoms with E-state index in [9.17, 15) is 4.79 Å². The molecule has 1 atom stereocenters. The van der Waals surface area contributed by atoms with E-state index in [1.165, 1.54) is 0 Å². The van der Waals surface area contributed by atoms with Crippen molar-refractivity contribution in [3.8, 4) is 0 Å². The number of benzene rings is 1. The number of hydrogen-bond acceptors (Lipinski definition) is 3. The Morgan fingerprint density at radius 3 is 2.60 bits per heavy atom. The van der Waals surface area contributed by atoms with E-state index < -0.39 is 5.60 Å². The predicted octanol–water partition coefficient (Wildman–Crippen LogP) is 3.33. The minimum atomic E-state index is -0.466. The molecule has 1 heterocycles. The molecule has 1 aliphatic heterocycles. The van der Waals surface area contributed by atoms with Crippen LogP contribution in [0, 0.1) is 0 Å². The summed E-state index contributed by atoms with van der Waals surface area (Å²) in [4.78, 5) is 14.1. The van der Waals surface area contributed by atoms with E-state index in [0.717, 1.165) is 23.1 Å². The van der Waals surface area contributed by atoms with E-state index >= 15 is 0 Å². The van der Waals surface area contributed by atoms with E-state index in [0.29, 0.717) is 6.54 Å². The molecule has 1 saturated heterocycles. The lowest BCUT2D eigenvalue weighted by molar-refractivity contribution is 0.0118. The highest BCUT2D eigenvalue weighted by Gasteiger charge is 2.31. The molecule has 0 bridgehead atoms. The first-order valence-electron chi connectivity index (χ1n) is 6.82. The maximum atomic E-state index is 12.3. The Morgan fingerprint density at radius 1 is 1.35 bits per heavy atom. The molecule has 4 nitrogen and oxygen atoms in total. The highest BCUT2D eigenvalue weighted by atomic mass is 79.9. The molecule has 0 saturated carbocycles. The molecular formula is C15H21BrN2O2. The zero-order chi connectivity index (χ0) is 14.8. The fourth-order valence-electron chi connectivity index (χ4n) is 2.23. The van der Waals surface area contributed by atoms with Gasteiger partial charge in [-0.05, 0) is 38.5 Å². The summed E-state index contributed by atoms with van der Waals surface area (Å²) in [6, 6.07) is 8.10. The van der Waals surface area contributed by atoms with Gasteiger partial charge in [0.05, 0.1) is 6.04 Å². The smallest absolute Gasteiger partial charge is 0.410 e. The van der Waals surface area contributed by atoms with Gasteiger partial charge in [0.1, 0.15) is 5.60 Å². The Morgan fingerprint density at radius 2 is 2.00 bits per heavy atom. The molecule has 0 spiro atoms. The van der Waals surface area contributed by atoms with Crippen LogP contribution in [0.5, 0.6) is 0 Å². The number of piperazine rings is 1. The second-order valence-electron chi connectivity index (χ2n) is 5.95. The van der Waals surface area contributed by atoms with Crippen molar-refractivity contribution >= 4 is 22.0 Å². The molecule has 0 unspecified atom stereocenters. The van der Waals surface area contributed by atoms with Crippen LogP contribution < -0.4 is 5.32 Å². The third kappa shape index (κ3) is 3.96. The van der Waals surface area contributed by atoms with Gasteiger partial charge in [0.2, 0.25) is 0 Å². The van der Waals surface area contributed by atoms with E-state index in [1.54, 1.807) is 0 Å². The standard InChI is InChI=1S/C15H21BrN2O2/c1-15(2,3)20-14(19)18-9-8-17-10-13(18)11-4-6-12(16)7-5-11/h4-7,13,17H,8-10H2,1-3H3/t13-/m0/s1. The highest BCUT2D eigenvalue weighted by Crippen LogP contribution is 2.25. The Bertz CT molecular complexity index is 468. The molecule has 20 heavy (non-hydrogen) atoms. The molecule has 0 aromatic heterocycles. The van der Waals surface area contributed by atoms with E-state index in [2.05, 4.69) is 21.2 Å². The maximum absolute atomic E-state index is 12.3. The van der Waals surface area contributed by atoms with Gasteiger partial charge in [-0.3, -0.25) is 4.90 Å². The summed E-state index contributed by atoms with van der Waals surface area (Å²) in [5.74, 6) is 0. The maximum Gasteiger partial charge on any atom is 0.410 e. The lowest BCUT2D eigenvalue weighted by Gasteiger charge is -2.37. The molecule has 1 N–H and O–H groups in total. The van der Waals surface area contributed by atoms with Gasteiger partial charge < -0.3 is 10.1 Å². The minimum absolute atomic E-state index is 0.0201. The Kier molecular flexibility index (Phi) is 4.70. The topological polar surface area (TPSA) is 41.6 Å². The van der Waals surface area contributed by atoms with Crippen LogP contribution in [0.1, 0.15) is 32.4 Å². The lowest BCUT2D eigenvalue weighted by atomic mass is 10.0. The summed E-state index contributed by atoms with van der Waals surface area (Å²) in [7, 11) is 0. The number of rotatable bonds is 1. The van der Waals surface area contributed by atoms with Gasteiger partial charge >= 0.3 is 6.09 Å². The van der Waals surface area contributed by atoms with Crippen molar-refractivity contribution in [2.45, 2.75) is 32.4 Å². The molecule has 1 aromatic carbocycles. The number of hydrogen-bond donors (Lipinski definition) is 1. The van der Waals surface area contributed by atoms with E-state index in [1.807, 2.05) is 49.9 Å². The number of amides is 1. The highest BCUT2D eigenvalue weighted by molar-refractivity contribution is 9.10. The fourth-order valence-corrected chi connectivity index (χ4v) is 2.49. The van der Waals surface area contributed by atoms with Crippen LogP contribution in [-0.4, -0.2) is 36.2 Å². The average molecular weight is 341 g/mol. The van der Waals surface area contributed by atoms with Gasteiger partial charge in [-0.2, -0.15) is 0 Å². The average Bonchev–Trinajstić information content (AvgIpc) is 2.38. The number of carbonyl (C=O) groups is 1. The molecule has 110 valence electrons. The first-order valence-corrected chi connectivity index (χ1v) is 7.62. The third-order valence-corrected chi connectivity index (χ3v) is 3.65. The molecular weight excluding hydrogens is 320 g/mol. The second kappa shape index (κ2) is 6.14. The minimum Gasteiger partial charge on any atom is -0.444 e. The summed E-state index contributed by atoms with van der Waals surface area (Å²) < 4.78 is 6.54. The summed E-state index contributed by atoms with van der Waals surface area (Å²) >= 11 is 3.43. The molecule has 0 aliphatic carbocycles. The predicted molar refractivity (Wildman–Crippen MR) is 82.7 cm³/mol. The van der Waals surface area contributed by atoms with Crippen LogP contribution in [0.3, 0.4) is 0 Å². The number of carbonyl (C=O) groups excluding carboxylic acids is 1. The molecule has 1 fully saturated rings. The van der Waals surface area contributed by atoms with E-state index in [4.69, 9.17) is 4.74 Å². The monoisotopic (exact) mass is 340 g/mol. The second-order valence-corrected chi connectivity index (χ2v) is 6.86. The Balaban J connectivity index is 2.16. The summed E-state index contributed by atoms with van der Waals surface area (Å²) in [6.07, 6.45) is -0.244. The first kappa shape index (κ1) is 15.3. The number of nitrogens with one attached hydrogen (secondary N) is 1. The van der Waals surface area contributed by atoms with Crippen molar-refractivity contribution in [1.29, 1.82) is 0 Å². The lowest BCUT2D eigenvalue weighted by Crippen LogP contribution is -2.50. The van der Waals surface area contributed by atoms with Crippen molar-refractivity contribution < 1.29 is 9.53 Å². The zero-order valence-corrected chi connectivity index (χ0v) is 13.7. The van der Waals surface area contributed by atoms with Crippen molar-refractivity contribution in [2.24, 2.45) is 0 Å². The van der Waals surface area contributed by atoms with Crippen LogP contribution >= 0.6 is 15.9 Å². The van der Waals surface area contributed by atoms with Crippen LogP contribution in [-0.2, 0) is 4.74 Å². The van der Waals surface area contributed by atoms with Crippen LogP contribution in [0.15, 0.2) is 28.7 Å². The van der Waals surface area contributed by atoms with E-state index in [-0.39, 0.29) is 12.1 Å². The SMILES string of the molecule is CC(C)(C)OC(=O)N1CCNC[C@H]1c1ccc(Br)cc1. The van der Waals surface area contributed by atoms with Gasteiger partial charge in [0, 0.05) is 24.1 Å². The van der Waals surface area contributed by atoms with Crippen molar-refractivity contribution in [2.75, 3.05) is 19.6 Å². The summed E-state index contributed by atoms with van der Waals surface area (Å²) in [5, 5.41) is 3.33. The molecule has 5 heteroatoms. The van der Waals surface area contributed by atoms with Crippen LogP contribution in [0.2, 0.25) is 0 Å².